The van der Waals surface area contributed by atoms with E-state index in [0.29, 0.717) is 0 Å². The van der Waals surface area contributed by atoms with Gasteiger partial charge in [-0.1, -0.05) is 187 Å². The molecule has 1 unspecified atom stereocenters. The van der Waals surface area contributed by atoms with E-state index in [9.17, 15) is 0 Å². The summed E-state index contributed by atoms with van der Waals surface area (Å²) in [5.74, 6) is 0. The van der Waals surface area contributed by atoms with Crippen molar-refractivity contribution in [1.82, 2.24) is 0 Å². The zero-order valence-electron chi connectivity index (χ0n) is 31.9. The average Bonchev–Trinajstić information content (AvgIpc) is 3.02. The first-order chi connectivity index (χ1) is 21.5. The van der Waals surface area contributed by atoms with Crippen LogP contribution in [-0.2, 0) is 0 Å². The van der Waals surface area contributed by atoms with E-state index in [4.69, 9.17) is 0 Å². The Balaban J connectivity index is 1.93. The Hall–Kier alpha value is -0.0800. The van der Waals surface area contributed by atoms with Crippen LogP contribution in [0.25, 0.3) is 0 Å². The van der Waals surface area contributed by atoms with Gasteiger partial charge >= 0.3 is 0 Å². The third-order valence-corrected chi connectivity index (χ3v) is 11.9. The van der Waals surface area contributed by atoms with Gasteiger partial charge in [-0.15, -0.1) is 0 Å². The Morgan fingerprint density at radius 3 is 0.955 bits per heavy atom. The molecule has 264 valence electrons. The number of nitrogens with zero attached hydrogens (tertiary/aromatic N) is 2. The van der Waals surface area contributed by atoms with Crippen molar-refractivity contribution in [3.05, 3.63) is 0 Å². The minimum absolute atomic E-state index is 0.844. The van der Waals surface area contributed by atoms with Gasteiger partial charge in [0.25, 0.3) is 0 Å². The molecule has 0 bridgehead atoms. The summed E-state index contributed by atoms with van der Waals surface area (Å²) in [5.41, 5.74) is 0. The third-order valence-electron chi connectivity index (χ3n) is 11.9. The highest BCUT2D eigenvalue weighted by Gasteiger charge is 2.39. The first kappa shape index (κ1) is 41.9. The fraction of sp³-hybridized carbons (Fsp3) is 1.00. The molecule has 1 fully saturated rings. The molecule has 2 heteroatoms. The van der Waals surface area contributed by atoms with Crippen LogP contribution >= 0.6 is 0 Å². The van der Waals surface area contributed by atoms with Crippen molar-refractivity contribution in [3.8, 4) is 0 Å². The molecular formula is C42H88N2+2. The van der Waals surface area contributed by atoms with Crippen molar-refractivity contribution >= 4 is 0 Å². The van der Waals surface area contributed by atoms with Crippen LogP contribution in [0.2, 0.25) is 0 Å². The normalized spacial score (nSPS) is 21.2. The van der Waals surface area contributed by atoms with Crippen molar-refractivity contribution in [2.75, 3.05) is 46.8 Å². The van der Waals surface area contributed by atoms with E-state index in [-0.39, 0.29) is 0 Å². The molecule has 0 aliphatic carbocycles. The standard InChI is InChI=1S/C42H88N2/c1-6-8-10-12-14-16-18-20-22-23-25-27-29-31-33-35-37-43(4)38-40-44(5,41-39-43)42(3)36-34-32-30-28-26-24-21-19-17-15-13-11-9-7-2/h42H,6-41H2,1-5H3/q+2. The molecule has 1 saturated heterocycles. The van der Waals surface area contributed by atoms with Crippen LogP contribution in [0.4, 0.5) is 0 Å². The molecule has 0 N–H and O–H groups in total. The van der Waals surface area contributed by atoms with Crippen LogP contribution in [0.15, 0.2) is 0 Å². The molecule has 0 radical (unpaired) electrons. The molecular weight excluding hydrogens is 532 g/mol. The summed E-state index contributed by atoms with van der Waals surface area (Å²) in [5, 5.41) is 0. The number of quaternary nitrogens is 2. The van der Waals surface area contributed by atoms with Crippen molar-refractivity contribution in [2.45, 2.75) is 226 Å². The van der Waals surface area contributed by atoms with Gasteiger partial charge in [0.1, 0.15) is 26.2 Å². The molecule has 0 saturated carbocycles. The van der Waals surface area contributed by atoms with E-state index in [0.717, 1.165) is 6.04 Å². The summed E-state index contributed by atoms with van der Waals surface area (Å²) in [7, 11) is 5.14. The molecule has 1 aliphatic heterocycles. The van der Waals surface area contributed by atoms with Gasteiger partial charge in [-0.05, 0) is 32.6 Å². The number of hydrogen-bond acceptors (Lipinski definition) is 0. The van der Waals surface area contributed by atoms with E-state index in [2.05, 4.69) is 34.9 Å². The summed E-state index contributed by atoms with van der Waals surface area (Å²) in [6.07, 6.45) is 45.5. The lowest BCUT2D eigenvalue weighted by molar-refractivity contribution is -1.03. The average molecular weight is 621 g/mol. The number of unbranched alkanes of at least 4 members (excludes halogenated alkanes) is 28. The monoisotopic (exact) mass is 621 g/mol. The molecule has 1 rings (SSSR count). The second-order valence-electron chi connectivity index (χ2n) is 16.3. The fourth-order valence-electron chi connectivity index (χ4n) is 7.82. The fourth-order valence-corrected chi connectivity index (χ4v) is 7.82. The Bertz CT molecular complexity index is 578. The van der Waals surface area contributed by atoms with Gasteiger partial charge in [-0.2, -0.15) is 0 Å². The smallest absolute Gasteiger partial charge is 0.129 e. The lowest BCUT2D eigenvalue weighted by Crippen LogP contribution is -2.66. The van der Waals surface area contributed by atoms with Gasteiger partial charge in [0.15, 0.2) is 0 Å². The van der Waals surface area contributed by atoms with Crippen LogP contribution in [0.3, 0.4) is 0 Å². The predicted octanol–water partition coefficient (Wildman–Crippen LogP) is 13.4. The van der Waals surface area contributed by atoms with Gasteiger partial charge in [0.2, 0.25) is 0 Å². The Morgan fingerprint density at radius 1 is 0.364 bits per heavy atom. The Labute approximate surface area is 281 Å². The second kappa shape index (κ2) is 29.1. The summed E-state index contributed by atoms with van der Waals surface area (Å²) >= 11 is 0. The maximum atomic E-state index is 2.58. The second-order valence-corrected chi connectivity index (χ2v) is 16.3. The SMILES string of the molecule is CCCCCCCCCCCCCCCCCC[N+]1(C)CC[N+](C)(C(C)CCCCCCCCCCCCCCCC)CC1. The predicted molar refractivity (Wildman–Crippen MR) is 201 cm³/mol. The summed E-state index contributed by atoms with van der Waals surface area (Å²) in [4.78, 5) is 0. The third kappa shape index (κ3) is 23.3. The highest BCUT2D eigenvalue weighted by Crippen LogP contribution is 2.24. The number of piperazine rings is 1. The minimum atomic E-state index is 0.844. The molecule has 1 heterocycles. The zero-order chi connectivity index (χ0) is 32.0. The molecule has 0 amide bonds. The maximum absolute atomic E-state index is 2.58. The molecule has 1 aliphatic rings. The molecule has 0 spiro atoms. The van der Waals surface area contributed by atoms with E-state index in [1.807, 2.05) is 0 Å². The first-order valence-corrected chi connectivity index (χ1v) is 21.1. The van der Waals surface area contributed by atoms with Gasteiger partial charge in [-0.25, -0.2) is 0 Å². The van der Waals surface area contributed by atoms with Crippen molar-refractivity contribution in [1.29, 1.82) is 0 Å². The quantitative estimate of drug-likeness (QED) is 0.0506. The molecule has 1 atom stereocenters. The first-order valence-electron chi connectivity index (χ1n) is 21.1. The topological polar surface area (TPSA) is 0 Å². The van der Waals surface area contributed by atoms with E-state index in [1.54, 1.807) is 0 Å². The molecule has 2 nitrogen and oxygen atoms in total. The van der Waals surface area contributed by atoms with Gasteiger partial charge in [0, 0.05) is 0 Å². The maximum Gasteiger partial charge on any atom is 0.129 e. The summed E-state index contributed by atoms with van der Waals surface area (Å²) in [6, 6.07) is 0.844. The highest BCUT2D eigenvalue weighted by atomic mass is 15.5. The van der Waals surface area contributed by atoms with Crippen LogP contribution < -0.4 is 0 Å². The number of rotatable bonds is 33. The van der Waals surface area contributed by atoms with Gasteiger partial charge in [0.05, 0.1) is 26.7 Å². The molecule has 0 aromatic rings. The van der Waals surface area contributed by atoms with Gasteiger partial charge < -0.3 is 8.97 Å². The molecule has 0 aromatic carbocycles. The van der Waals surface area contributed by atoms with Crippen LogP contribution in [0.5, 0.6) is 0 Å². The van der Waals surface area contributed by atoms with E-state index in [1.165, 1.54) is 241 Å². The van der Waals surface area contributed by atoms with Crippen molar-refractivity contribution < 1.29 is 8.97 Å². The minimum Gasteiger partial charge on any atom is -0.317 e. The van der Waals surface area contributed by atoms with Crippen molar-refractivity contribution in [2.24, 2.45) is 0 Å². The number of hydrogen-bond donors (Lipinski definition) is 0. The largest absolute Gasteiger partial charge is 0.317 e. The van der Waals surface area contributed by atoms with Crippen LogP contribution in [-0.4, -0.2) is 61.8 Å². The number of likely N-dealkylation sites (N-methyl/N-ethyl adjacent to an activating group) is 2. The van der Waals surface area contributed by atoms with Crippen LogP contribution in [0, 0.1) is 0 Å². The summed E-state index contributed by atoms with van der Waals surface area (Å²) < 4.78 is 2.68. The molecule has 0 aromatic heterocycles. The lowest BCUT2D eigenvalue weighted by atomic mass is 10.0. The van der Waals surface area contributed by atoms with Crippen molar-refractivity contribution in [3.63, 3.8) is 0 Å². The van der Waals surface area contributed by atoms with E-state index >= 15 is 0 Å². The Kier molecular flexibility index (Phi) is 27.7. The Morgan fingerprint density at radius 2 is 0.636 bits per heavy atom. The van der Waals surface area contributed by atoms with E-state index < -0.39 is 0 Å². The zero-order valence-corrected chi connectivity index (χ0v) is 31.9. The van der Waals surface area contributed by atoms with Crippen LogP contribution in [0.1, 0.15) is 220 Å². The lowest BCUT2D eigenvalue weighted by Gasteiger charge is -2.49. The molecule has 44 heavy (non-hydrogen) atoms. The highest BCUT2D eigenvalue weighted by molar-refractivity contribution is 4.60. The van der Waals surface area contributed by atoms with Gasteiger partial charge in [-0.3, -0.25) is 0 Å². The summed E-state index contributed by atoms with van der Waals surface area (Å²) in [6.45, 7) is 14.2.